The Labute approximate surface area is 114 Å². The molecule has 0 bridgehead atoms. The standard InChI is InChI=1S/C14H14F3N3/c15-14(16,17)9-5-6-10-11(7-9)19-13(18)20-12(10)8-3-1-2-4-8/h5-8H,1-4H2,(H2,18,19,20). The topological polar surface area (TPSA) is 51.8 Å². The molecule has 0 spiro atoms. The first-order valence-corrected chi connectivity index (χ1v) is 6.59. The lowest BCUT2D eigenvalue weighted by molar-refractivity contribution is -0.137. The molecule has 0 amide bonds. The summed E-state index contributed by atoms with van der Waals surface area (Å²) in [5, 5.41) is 0.680. The minimum absolute atomic E-state index is 0.0405. The molecule has 0 atom stereocenters. The van der Waals surface area contributed by atoms with Gasteiger partial charge in [-0.1, -0.05) is 18.9 Å². The van der Waals surface area contributed by atoms with Crippen molar-refractivity contribution in [2.75, 3.05) is 5.73 Å². The lowest BCUT2D eigenvalue weighted by atomic mass is 9.98. The number of aromatic nitrogens is 2. The van der Waals surface area contributed by atoms with E-state index in [0.717, 1.165) is 43.5 Å². The summed E-state index contributed by atoms with van der Waals surface area (Å²) in [5.74, 6) is 0.318. The monoisotopic (exact) mass is 281 g/mol. The van der Waals surface area contributed by atoms with Gasteiger partial charge < -0.3 is 5.73 Å². The van der Waals surface area contributed by atoms with Crippen LogP contribution in [0.2, 0.25) is 0 Å². The summed E-state index contributed by atoms with van der Waals surface area (Å²) in [6, 6.07) is 3.59. The molecule has 2 N–H and O–H groups in total. The van der Waals surface area contributed by atoms with Crippen molar-refractivity contribution in [2.24, 2.45) is 0 Å². The third-order valence-electron chi connectivity index (χ3n) is 3.81. The summed E-state index contributed by atoms with van der Waals surface area (Å²) in [7, 11) is 0. The van der Waals surface area contributed by atoms with Crippen LogP contribution in [0.15, 0.2) is 18.2 Å². The van der Waals surface area contributed by atoms with E-state index in [1.165, 1.54) is 6.07 Å². The van der Waals surface area contributed by atoms with Gasteiger partial charge in [0.05, 0.1) is 16.8 Å². The second-order valence-corrected chi connectivity index (χ2v) is 5.18. The van der Waals surface area contributed by atoms with Crippen LogP contribution in [0.1, 0.15) is 42.9 Å². The van der Waals surface area contributed by atoms with Gasteiger partial charge in [-0.05, 0) is 25.0 Å². The van der Waals surface area contributed by atoms with E-state index in [-0.39, 0.29) is 17.4 Å². The Kier molecular flexibility index (Phi) is 3.03. The smallest absolute Gasteiger partial charge is 0.368 e. The summed E-state index contributed by atoms with van der Waals surface area (Å²) in [6.07, 6.45) is -0.117. The van der Waals surface area contributed by atoms with Crippen LogP contribution in [0.3, 0.4) is 0 Å². The zero-order valence-electron chi connectivity index (χ0n) is 10.7. The quantitative estimate of drug-likeness (QED) is 0.862. The molecule has 0 aliphatic heterocycles. The minimum Gasteiger partial charge on any atom is -0.368 e. The highest BCUT2D eigenvalue weighted by Crippen LogP contribution is 2.38. The molecule has 3 rings (SSSR count). The van der Waals surface area contributed by atoms with Crippen LogP contribution < -0.4 is 5.73 Å². The van der Waals surface area contributed by atoms with E-state index in [4.69, 9.17) is 5.73 Å². The molecule has 0 unspecified atom stereocenters. The number of halogens is 3. The number of anilines is 1. The van der Waals surface area contributed by atoms with Gasteiger partial charge in [-0.15, -0.1) is 0 Å². The van der Waals surface area contributed by atoms with E-state index < -0.39 is 11.7 Å². The lowest BCUT2D eigenvalue weighted by Gasteiger charge is -2.14. The summed E-state index contributed by atoms with van der Waals surface area (Å²) in [4.78, 5) is 8.21. The van der Waals surface area contributed by atoms with E-state index in [9.17, 15) is 13.2 Å². The van der Waals surface area contributed by atoms with Gasteiger partial charge in [0.1, 0.15) is 0 Å². The number of nitrogens with zero attached hydrogens (tertiary/aromatic N) is 2. The van der Waals surface area contributed by atoms with Crippen molar-refractivity contribution in [3.63, 3.8) is 0 Å². The highest BCUT2D eigenvalue weighted by atomic mass is 19.4. The fourth-order valence-electron chi connectivity index (χ4n) is 2.86. The molecule has 1 saturated carbocycles. The van der Waals surface area contributed by atoms with Crippen molar-refractivity contribution in [3.8, 4) is 0 Å². The van der Waals surface area contributed by atoms with E-state index >= 15 is 0 Å². The average molecular weight is 281 g/mol. The van der Waals surface area contributed by atoms with Crippen molar-refractivity contribution in [3.05, 3.63) is 29.5 Å². The predicted molar refractivity (Wildman–Crippen MR) is 70.2 cm³/mol. The fourth-order valence-corrected chi connectivity index (χ4v) is 2.86. The van der Waals surface area contributed by atoms with Crippen LogP contribution in [0.5, 0.6) is 0 Å². The van der Waals surface area contributed by atoms with E-state index in [0.29, 0.717) is 5.39 Å². The Bertz CT molecular complexity index is 646. The lowest BCUT2D eigenvalue weighted by Crippen LogP contribution is -2.07. The first kappa shape index (κ1) is 13.1. The fraction of sp³-hybridized carbons (Fsp3) is 0.429. The average Bonchev–Trinajstić information content (AvgIpc) is 2.89. The minimum atomic E-state index is -4.37. The van der Waals surface area contributed by atoms with E-state index in [2.05, 4.69) is 9.97 Å². The highest BCUT2D eigenvalue weighted by molar-refractivity contribution is 5.83. The molecule has 1 aromatic carbocycles. The first-order valence-electron chi connectivity index (χ1n) is 6.59. The second-order valence-electron chi connectivity index (χ2n) is 5.18. The number of benzene rings is 1. The molecule has 3 nitrogen and oxygen atoms in total. The van der Waals surface area contributed by atoms with Gasteiger partial charge in [-0.3, -0.25) is 0 Å². The van der Waals surface area contributed by atoms with Crippen LogP contribution in [-0.4, -0.2) is 9.97 Å². The third kappa shape index (κ3) is 2.30. The Morgan fingerprint density at radius 1 is 1.10 bits per heavy atom. The van der Waals surface area contributed by atoms with Crippen LogP contribution >= 0.6 is 0 Å². The maximum Gasteiger partial charge on any atom is 0.416 e. The van der Waals surface area contributed by atoms with Gasteiger partial charge in [0.15, 0.2) is 0 Å². The number of hydrogen-bond donors (Lipinski definition) is 1. The van der Waals surface area contributed by atoms with E-state index in [1.54, 1.807) is 0 Å². The largest absolute Gasteiger partial charge is 0.416 e. The second kappa shape index (κ2) is 4.61. The van der Waals surface area contributed by atoms with E-state index in [1.807, 2.05) is 0 Å². The molecule has 1 aliphatic carbocycles. The first-order chi connectivity index (χ1) is 9.45. The molecule has 0 radical (unpaired) electrons. The molecule has 1 fully saturated rings. The zero-order valence-corrected chi connectivity index (χ0v) is 10.7. The van der Waals surface area contributed by atoms with Gasteiger partial charge in [0.25, 0.3) is 0 Å². The molecule has 1 aliphatic rings. The Morgan fingerprint density at radius 2 is 1.80 bits per heavy atom. The summed E-state index contributed by atoms with van der Waals surface area (Å²) in [5.41, 5.74) is 6.00. The summed E-state index contributed by atoms with van der Waals surface area (Å²) in [6.45, 7) is 0. The van der Waals surface area contributed by atoms with Gasteiger partial charge in [0.2, 0.25) is 5.95 Å². The van der Waals surface area contributed by atoms with Crippen LogP contribution in [0.4, 0.5) is 19.1 Å². The van der Waals surface area contributed by atoms with Crippen LogP contribution in [0, 0.1) is 0 Å². The molecule has 2 aromatic rings. The molecular formula is C14H14F3N3. The molecule has 1 aromatic heterocycles. The molecule has 20 heavy (non-hydrogen) atoms. The van der Waals surface area contributed by atoms with Gasteiger partial charge in [-0.2, -0.15) is 13.2 Å². The van der Waals surface area contributed by atoms with Crippen LogP contribution in [-0.2, 0) is 6.18 Å². The van der Waals surface area contributed by atoms with Crippen molar-refractivity contribution < 1.29 is 13.2 Å². The molecule has 0 saturated heterocycles. The van der Waals surface area contributed by atoms with Gasteiger partial charge in [-0.25, -0.2) is 9.97 Å². The van der Waals surface area contributed by atoms with Crippen molar-refractivity contribution in [2.45, 2.75) is 37.8 Å². The maximum atomic E-state index is 12.7. The number of nitrogen functional groups attached to an aromatic ring is 1. The number of alkyl halides is 3. The Balaban J connectivity index is 2.17. The molecule has 1 heterocycles. The van der Waals surface area contributed by atoms with Gasteiger partial charge in [0, 0.05) is 11.3 Å². The number of fused-ring (bicyclic) bond motifs is 1. The Hall–Kier alpha value is -1.85. The number of nitrogens with two attached hydrogens (primary N) is 1. The molecule has 106 valence electrons. The predicted octanol–water partition coefficient (Wildman–Crippen LogP) is 3.89. The molecular weight excluding hydrogens is 267 g/mol. The normalized spacial score (nSPS) is 16.9. The van der Waals surface area contributed by atoms with Crippen molar-refractivity contribution in [1.29, 1.82) is 0 Å². The third-order valence-corrected chi connectivity index (χ3v) is 3.81. The van der Waals surface area contributed by atoms with Crippen molar-refractivity contribution >= 4 is 16.9 Å². The Morgan fingerprint density at radius 3 is 2.45 bits per heavy atom. The van der Waals surface area contributed by atoms with Crippen LogP contribution in [0.25, 0.3) is 10.9 Å². The summed E-state index contributed by atoms with van der Waals surface area (Å²) >= 11 is 0. The number of rotatable bonds is 1. The molecule has 6 heteroatoms. The van der Waals surface area contributed by atoms with Crippen molar-refractivity contribution in [1.82, 2.24) is 9.97 Å². The summed E-state index contributed by atoms with van der Waals surface area (Å²) < 4.78 is 38.2. The van der Waals surface area contributed by atoms with Gasteiger partial charge >= 0.3 is 6.18 Å². The number of hydrogen-bond acceptors (Lipinski definition) is 3. The maximum absolute atomic E-state index is 12.7. The zero-order chi connectivity index (χ0) is 14.3. The SMILES string of the molecule is Nc1nc(C2CCCC2)c2ccc(C(F)(F)F)cc2n1. The highest BCUT2D eigenvalue weighted by Gasteiger charge is 2.31.